The third kappa shape index (κ3) is 3.05. The van der Waals surface area contributed by atoms with E-state index in [1.165, 1.54) is 5.56 Å². The molecule has 0 atom stereocenters. The average molecular weight is 269 g/mol. The van der Waals surface area contributed by atoms with E-state index in [4.69, 9.17) is 5.11 Å². The van der Waals surface area contributed by atoms with Gasteiger partial charge in [-0.3, -0.25) is 0 Å². The van der Waals surface area contributed by atoms with E-state index in [-0.39, 0.29) is 29.3 Å². The van der Waals surface area contributed by atoms with Gasteiger partial charge in [-0.25, -0.2) is 0 Å². The van der Waals surface area contributed by atoms with Gasteiger partial charge in [0.25, 0.3) is 0 Å². The van der Waals surface area contributed by atoms with Crippen molar-refractivity contribution in [2.45, 2.75) is 26.2 Å². The Morgan fingerprint density at radius 1 is 1.00 bits per heavy atom. The van der Waals surface area contributed by atoms with Gasteiger partial charge < -0.3 is 5.11 Å². The van der Waals surface area contributed by atoms with Crippen molar-refractivity contribution in [1.82, 2.24) is 0 Å². The molecule has 2 heteroatoms. The van der Waals surface area contributed by atoms with Crippen LogP contribution in [0.15, 0.2) is 24.3 Å². The Balaban J connectivity index is 0.00000121. The van der Waals surface area contributed by atoms with Gasteiger partial charge >= 0.3 is 0 Å². The number of aromatic hydroxyl groups is 1. The predicted octanol–water partition coefficient (Wildman–Crippen LogP) is 2.31. The molecule has 0 amide bonds. The molecule has 1 aromatic rings. The Morgan fingerprint density at radius 2 is 1.42 bits per heavy atom. The molecule has 0 heterocycles. The minimum atomic E-state index is 0. The molecule has 64 valence electrons. The van der Waals surface area contributed by atoms with E-state index in [2.05, 4.69) is 20.8 Å². The molecule has 0 saturated carbocycles. The van der Waals surface area contributed by atoms with Crippen LogP contribution >= 0.6 is 0 Å². The fourth-order valence-electron chi connectivity index (χ4n) is 0.961. The molecule has 1 nitrogen and oxygen atoms in total. The van der Waals surface area contributed by atoms with E-state index < -0.39 is 0 Å². The second kappa shape index (κ2) is 4.17. The zero-order valence-electron chi connectivity index (χ0n) is 7.76. The molecule has 0 spiro atoms. The van der Waals surface area contributed by atoms with Crippen LogP contribution in [0, 0.1) is 0 Å². The van der Waals surface area contributed by atoms with Crippen LogP contribution in [-0.2, 0) is 5.41 Å². The zero-order chi connectivity index (χ0) is 8.48. The van der Waals surface area contributed by atoms with Crippen LogP contribution in [0.1, 0.15) is 26.3 Å². The Morgan fingerprint density at radius 3 is 1.75 bits per heavy atom. The van der Waals surface area contributed by atoms with Gasteiger partial charge in [0.15, 0.2) is 0 Å². The first-order valence-corrected chi connectivity index (χ1v) is 3.79. The van der Waals surface area contributed by atoms with Crippen LogP contribution in [0.25, 0.3) is 0 Å². The summed E-state index contributed by atoms with van der Waals surface area (Å²) in [4.78, 5) is 0. The van der Waals surface area contributed by atoms with Gasteiger partial charge in [-0.2, -0.15) is 0 Å². The molecule has 0 saturated heterocycles. The first kappa shape index (κ1) is 11.8. The van der Waals surface area contributed by atoms with Gasteiger partial charge in [0.05, 0.1) is 0 Å². The molecule has 0 aromatic heterocycles. The Labute approximate surface area is 90.8 Å². The normalized spacial score (nSPS) is 10.6. The molecular weight excluding hydrogens is 255 g/mol. The number of phenols is 1. The minimum absolute atomic E-state index is 0. The maximum Gasteiger partial charge on any atom is 0.115 e. The summed E-state index contributed by atoms with van der Waals surface area (Å²) >= 11 is 0. The van der Waals surface area contributed by atoms with Crippen LogP contribution < -0.4 is 0 Å². The molecule has 1 rings (SSSR count). The maximum absolute atomic E-state index is 9.02. The Kier molecular flexibility index (Phi) is 4.11. The molecule has 4 radical (unpaired) electrons. The van der Waals surface area contributed by atoms with Crippen LogP contribution in [0.5, 0.6) is 5.75 Å². The molecule has 0 fully saturated rings. The van der Waals surface area contributed by atoms with Crippen LogP contribution in [-0.4, -0.2) is 29.0 Å². The van der Waals surface area contributed by atoms with E-state index in [1.54, 1.807) is 12.1 Å². The van der Waals surface area contributed by atoms with E-state index in [0.29, 0.717) is 5.75 Å². The van der Waals surface area contributed by atoms with Gasteiger partial charge in [-0.1, -0.05) is 32.9 Å². The number of rotatable bonds is 0. The van der Waals surface area contributed by atoms with Crippen molar-refractivity contribution in [2.75, 3.05) is 0 Å². The second-order valence-electron chi connectivity index (χ2n) is 3.80. The number of benzene rings is 1. The Hall–Kier alpha value is -0.181. The minimum Gasteiger partial charge on any atom is -0.508 e. The fraction of sp³-hybridized carbons (Fsp3) is 0.400. The van der Waals surface area contributed by atoms with Crippen LogP contribution in [0.3, 0.4) is 0 Å². The van der Waals surface area contributed by atoms with Crippen molar-refractivity contribution in [3.63, 3.8) is 0 Å². The topological polar surface area (TPSA) is 20.2 Å². The average Bonchev–Trinajstić information content (AvgIpc) is 1.86. The summed E-state index contributed by atoms with van der Waals surface area (Å²) in [5, 5.41) is 9.02. The monoisotopic (exact) mass is 270 g/mol. The third-order valence-corrected chi connectivity index (χ3v) is 1.73. The smallest absolute Gasteiger partial charge is 0.115 e. The molecule has 12 heavy (non-hydrogen) atoms. The first-order chi connectivity index (χ1) is 5.00. The van der Waals surface area contributed by atoms with Gasteiger partial charge in [0, 0.05) is 23.9 Å². The quantitative estimate of drug-likeness (QED) is 0.716. The van der Waals surface area contributed by atoms with Gasteiger partial charge in [0.2, 0.25) is 0 Å². The largest absolute Gasteiger partial charge is 0.508 e. The number of hydrogen-bond acceptors (Lipinski definition) is 1. The molecule has 0 bridgehead atoms. The SMILES string of the molecule is CC(C)(C)c1ccc(O)cc1.[Sn]. The van der Waals surface area contributed by atoms with Crippen molar-refractivity contribution >= 4 is 23.9 Å². The standard InChI is InChI=1S/C10H14O.Sn/c1-10(2,3)8-4-6-9(11)7-5-8;/h4-7,11H,1-3H3;. The van der Waals surface area contributed by atoms with Gasteiger partial charge in [-0.05, 0) is 23.1 Å². The second-order valence-corrected chi connectivity index (χ2v) is 3.80. The third-order valence-electron chi connectivity index (χ3n) is 1.73. The van der Waals surface area contributed by atoms with Gasteiger partial charge in [-0.15, -0.1) is 0 Å². The fourth-order valence-corrected chi connectivity index (χ4v) is 0.961. The van der Waals surface area contributed by atoms with E-state index in [0.717, 1.165) is 0 Å². The number of phenolic OH excluding ortho intramolecular Hbond substituents is 1. The summed E-state index contributed by atoms with van der Waals surface area (Å²) in [5.74, 6) is 0.331. The number of hydrogen-bond donors (Lipinski definition) is 1. The molecule has 0 unspecified atom stereocenters. The molecule has 0 aliphatic heterocycles. The molecule has 1 aromatic carbocycles. The summed E-state index contributed by atoms with van der Waals surface area (Å²) in [6.45, 7) is 6.46. The first-order valence-electron chi connectivity index (χ1n) is 3.79. The zero-order valence-corrected chi connectivity index (χ0v) is 10.6. The maximum atomic E-state index is 9.02. The summed E-state index contributed by atoms with van der Waals surface area (Å²) in [6, 6.07) is 7.35. The van der Waals surface area contributed by atoms with Crippen molar-refractivity contribution in [2.24, 2.45) is 0 Å². The van der Waals surface area contributed by atoms with Crippen molar-refractivity contribution in [3.05, 3.63) is 29.8 Å². The van der Waals surface area contributed by atoms with E-state index in [9.17, 15) is 0 Å². The Bertz CT molecular complexity index is 233. The predicted molar refractivity (Wildman–Crippen MR) is 52.6 cm³/mol. The molecule has 0 aliphatic rings. The molecular formula is C10H14OSn. The molecule has 1 N–H and O–H groups in total. The summed E-state index contributed by atoms with van der Waals surface area (Å²) in [7, 11) is 0. The van der Waals surface area contributed by atoms with Gasteiger partial charge in [0.1, 0.15) is 5.75 Å². The summed E-state index contributed by atoms with van der Waals surface area (Å²) in [5.41, 5.74) is 1.42. The van der Waals surface area contributed by atoms with Crippen LogP contribution in [0.4, 0.5) is 0 Å². The van der Waals surface area contributed by atoms with Crippen LogP contribution in [0.2, 0.25) is 0 Å². The summed E-state index contributed by atoms with van der Waals surface area (Å²) in [6.07, 6.45) is 0. The van der Waals surface area contributed by atoms with E-state index in [1.807, 2.05) is 12.1 Å². The van der Waals surface area contributed by atoms with Crippen molar-refractivity contribution < 1.29 is 5.11 Å². The molecule has 0 aliphatic carbocycles. The van der Waals surface area contributed by atoms with Crippen molar-refractivity contribution in [1.29, 1.82) is 0 Å². The van der Waals surface area contributed by atoms with E-state index >= 15 is 0 Å². The summed E-state index contributed by atoms with van der Waals surface area (Å²) < 4.78 is 0. The van der Waals surface area contributed by atoms with Crippen molar-refractivity contribution in [3.8, 4) is 5.75 Å².